The number of hydrogen-bond donors (Lipinski definition) is 1. The summed E-state index contributed by atoms with van der Waals surface area (Å²) >= 11 is 5.92. The van der Waals surface area contributed by atoms with Crippen molar-refractivity contribution in [3.63, 3.8) is 0 Å². The standard InChI is InChI=1S/C15H21ClN2O2/c1-10-8-18(9-11(2)20-10)12(3)15(19)17-14-6-4-5-13(16)7-14/h4-7,10-12H,8-9H2,1-3H3,(H,17,19)/t10-,11-,12-/m1/s1. The van der Waals surface area contributed by atoms with E-state index >= 15 is 0 Å². The Balaban J connectivity index is 1.98. The highest BCUT2D eigenvalue weighted by molar-refractivity contribution is 6.30. The lowest BCUT2D eigenvalue weighted by Crippen LogP contribution is -2.52. The summed E-state index contributed by atoms with van der Waals surface area (Å²) in [6.45, 7) is 7.53. The maximum atomic E-state index is 12.3. The molecule has 0 radical (unpaired) electrons. The van der Waals surface area contributed by atoms with E-state index in [0.717, 1.165) is 18.8 Å². The van der Waals surface area contributed by atoms with Crippen LogP contribution in [-0.4, -0.2) is 42.1 Å². The molecule has 1 N–H and O–H groups in total. The molecule has 1 aliphatic heterocycles. The maximum absolute atomic E-state index is 12.3. The van der Waals surface area contributed by atoms with Crippen LogP contribution in [0.4, 0.5) is 5.69 Å². The van der Waals surface area contributed by atoms with Crippen molar-refractivity contribution in [3.8, 4) is 0 Å². The number of benzene rings is 1. The van der Waals surface area contributed by atoms with Crippen LogP contribution < -0.4 is 5.32 Å². The van der Waals surface area contributed by atoms with Crippen molar-refractivity contribution >= 4 is 23.2 Å². The van der Waals surface area contributed by atoms with Gasteiger partial charge in [-0.25, -0.2) is 0 Å². The lowest BCUT2D eigenvalue weighted by Gasteiger charge is -2.38. The Kier molecular flexibility index (Phi) is 5.02. The number of amides is 1. The van der Waals surface area contributed by atoms with E-state index in [1.807, 2.05) is 32.9 Å². The fraction of sp³-hybridized carbons (Fsp3) is 0.533. The molecule has 0 unspecified atom stereocenters. The quantitative estimate of drug-likeness (QED) is 0.932. The Bertz CT molecular complexity index is 471. The first kappa shape index (κ1) is 15.3. The molecular weight excluding hydrogens is 276 g/mol. The fourth-order valence-corrected chi connectivity index (χ4v) is 2.70. The summed E-state index contributed by atoms with van der Waals surface area (Å²) in [5, 5.41) is 3.52. The molecule has 1 aromatic carbocycles. The van der Waals surface area contributed by atoms with E-state index in [9.17, 15) is 4.79 Å². The molecule has 20 heavy (non-hydrogen) atoms. The predicted octanol–water partition coefficient (Wildman–Crippen LogP) is 2.78. The number of nitrogens with one attached hydrogen (secondary N) is 1. The van der Waals surface area contributed by atoms with Crippen LogP contribution in [0.3, 0.4) is 0 Å². The fourth-order valence-electron chi connectivity index (χ4n) is 2.51. The van der Waals surface area contributed by atoms with Crippen LogP contribution in [-0.2, 0) is 9.53 Å². The highest BCUT2D eigenvalue weighted by atomic mass is 35.5. The second-order valence-electron chi connectivity index (χ2n) is 5.39. The third-order valence-electron chi connectivity index (χ3n) is 3.47. The van der Waals surface area contributed by atoms with E-state index in [4.69, 9.17) is 16.3 Å². The maximum Gasteiger partial charge on any atom is 0.241 e. The van der Waals surface area contributed by atoms with E-state index in [2.05, 4.69) is 10.2 Å². The monoisotopic (exact) mass is 296 g/mol. The Morgan fingerprint density at radius 1 is 1.40 bits per heavy atom. The molecule has 1 heterocycles. The summed E-state index contributed by atoms with van der Waals surface area (Å²) in [6.07, 6.45) is 0.306. The minimum absolute atomic E-state index is 0.0198. The zero-order valence-corrected chi connectivity index (χ0v) is 12.9. The predicted molar refractivity (Wildman–Crippen MR) is 81.1 cm³/mol. The lowest BCUT2D eigenvalue weighted by molar-refractivity contribution is -0.126. The Labute approximate surface area is 125 Å². The van der Waals surface area contributed by atoms with Crippen molar-refractivity contribution in [1.82, 2.24) is 4.90 Å². The van der Waals surface area contributed by atoms with Crippen LogP contribution in [0.1, 0.15) is 20.8 Å². The van der Waals surface area contributed by atoms with Crippen LogP contribution in [0.2, 0.25) is 5.02 Å². The molecule has 1 amide bonds. The highest BCUT2D eigenvalue weighted by Crippen LogP contribution is 2.17. The third-order valence-corrected chi connectivity index (χ3v) is 3.70. The van der Waals surface area contributed by atoms with Crippen LogP contribution >= 0.6 is 11.6 Å². The van der Waals surface area contributed by atoms with Gasteiger partial charge >= 0.3 is 0 Å². The average Bonchev–Trinajstić information content (AvgIpc) is 2.36. The molecule has 5 heteroatoms. The lowest BCUT2D eigenvalue weighted by atomic mass is 10.1. The summed E-state index contributed by atoms with van der Waals surface area (Å²) in [4.78, 5) is 14.5. The van der Waals surface area contributed by atoms with Crippen molar-refractivity contribution in [3.05, 3.63) is 29.3 Å². The number of hydrogen-bond acceptors (Lipinski definition) is 3. The smallest absolute Gasteiger partial charge is 0.241 e. The van der Waals surface area contributed by atoms with Gasteiger partial charge < -0.3 is 10.1 Å². The normalized spacial score (nSPS) is 25.2. The first-order valence-corrected chi connectivity index (χ1v) is 7.29. The Morgan fingerprint density at radius 3 is 2.65 bits per heavy atom. The molecule has 110 valence electrons. The number of morpholine rings is 1. The summed E-state index contributed by atoms with van der Waals surface area (Å²) in [5.41, 5.74) is 0.726. The van der Waals surface area contributed by atoms with Gasteiger partial charge in [0.05, 0.1) is 18.2 Å². The molecular formula is C15H21ClN2O2. The van der Waals surface area contributed by atoms with Gasteiger partial charge in [-0.05, 0) is 39.0 Å². The SMILES string of the molecule is C[C@@H]1CN([C@H](C)C(=O)Nc2cccc(Cl)c2)C[C@@H](C)O1. The van der Waals surface area contributed by atoms with Crippen molar-refractivity contribution in [1.29, 1.82) is 0 Å². The third kappa shape index (κ3) is 3.95. The van der Waals surface area contributed by atoms with Gasteiger partial charge in [0.15, 0.2) is 0 Å². The van der Waals surface area contributed by atoms with E-state index in [1.54, 1.807) is 12.1 Å². The zero-order chi connectivity index (χ0) is 14.7. The largest absolute Gasteiger partial charge is 0.373 e. The summed E-state index contributed by atoms with van der Waals surface area (Å²) < 4.78 is 5.69. The van der Waals surface area contributed by atoms with E-state index in [1.165, 1.54) is 0 Å². The number of carbonyl (C=O) groups is 1. The molecule has 1 aromatic rings. The number of ether oxygens (including phenoxy) is 1. The van der Waals surface area contributed by atoms with Crippen molar-refractivity contribution in [2.45, 2.75) is 39.0 Å². The van der Waals surface area contributed by atoms with Gasteiger partial charge in [-0.15, -0.1) is 0 Å². The molecule has 1 aliphatic rings. The number of carbonyl (C=O) groups excluding carboxylic acids is 1. The Morgan fingerprint density at radius 2 is 2.05 bits per heavy atom. The molecule has 1 fully saturated rings. The molecule has 4 nitrogen and oxygen atoms in total. The molecule has 0 saturated carbocycles. The summed E-state index contributed by atoms with van der Waals surface area (Å²) in [7, 11) is 0. The Hall–Kier alpha value is -1.10. The molecule has 0 bridgehead atoms. The molecule has 1 saturated heterocycles. The topological polar surface area (TPSA) is 41.6 Å². The highest BCUT2D eigenvalue weighted by Gasteiger charge is 2.29. The first-order valence-electron chi connectivity index (χ1n) is 6.91. The van der Waals surface area contributed by atoms with Gasteiger partial charge in [-0.2, -0.15) is 0 Å². The number of rotatable bonds is 3. The van der Waals surface area contributed by atoms with E-state index in [-0.39, 0.29) is 24.2 Å². The van der Waals surface area contributed by atoms with Crippen molar-refractivity contribution in [2.24, 2.45) is 0 Å². The number of anilines is 1. The van der Waals surface area contributed by atoms with Crippen LogP contribution in [0.25, 0.3) is 0 Å². The molecule has 0 aromatic heterocycles. The second-order valence-corrected chi connectivity index (χ2v) is 5.82. The first-order chi connectivity index (χ1) is 9.45. The van der Waals surface area contributed by atoms with Gasteiger partial charge in [0.2, 0.25) is 5.91 Å². The molecule has 2 rings (SSSR count). The van der Waals surface area contributed by atoms with Gasteiger partial charge in [0.25, 0.3) is 0 Å². The van der Waals surface area contributed by atoms with Crippen LogP contribution in [0.15, 0.2) is 24.3 Å². The zero-order valence-electron chi connectivity index (χ0n) is 12.1. The number of halogens is 1. The average molecular weight is 297 g/mol. The van der Waals surface area contributed by atoms with Crippen molar-refractivity contribution < 1.29 is 9.53 Å². The van der Waals surface area contributed by atoms with Crippen LogP contribution in [0, 0.1) is 0 Å². The minimum Gasteiger partial charge on any atom is -0.373 e. The molecule has 3 atom stereocenters. The molecule has 0 spiro atoms. The van der Waals surface area contributed by atoms with Gasteiger partial charge in [-0.3, -0.25) is 9.69 Å². The summed E-state index contributed by atoms with van der Waals surface area (Å²) in [6, 6.07) is 6.99. The van der Waals surface area contributed by atoms with Crippen LogP contribution in [0.5, 0.6) is 0 Å². The number of nitrogens with zero attached hydrogens (tertiary/aromatic N) is 1. The van der Waals surface area contributed by atoms with E-state index in [0.29, 0.717) is 5.02 Å². The van der Waals surface area contributed by atoms with Crippen molar-refractivity contribution in [2.75, 3.05) is 18.4 Å². The summed E-state index contributed by atoms with van der Waals surface area (Å²) in [5.74, 6) is -0.0198. The van der Waals surface area contributed by atoms with Gasteiger partial charge in [-0.1, -0.05) is 17.7 Å². The molecule has 0 aliphatic carbocycles. The minimum atomic E-state index is -0.192. The second kappa shape index (κ2) is 6.57. The van der Waals surface area contributed by atoms with E-state index < -0.39 is 0 Å². The van der Waals surface area contributed by atoms with Gasteiger partial charge in [0.1, 0.15) is 0 Å². The van der Waals surface area contributed by atoms with Gasteiger partial charge in [0, 0.05) is 23.8 Å².